The Kier molecular flexibility index (Phi) is 6.62. The van der Waals surface area contributed by atoms with Gasteiger partial charge in [-0.3, -0.25) is 4.79 Å². The van der Waals surface area contributed by atoms with Gasteiger partial charge in [0.2, 0.25) is 0 Å². The van der Waals surface area contributed by atoms with Crippen LogP contribution in [-0.2, 0) is 11.2 Å². The Hall–Kier alpha value is -1.62. The lowest BCUT2D eigenvalue weighted by molar-refractivity contribution is -0.127. The van der Waals surface area contributed by atoms with Gasteiger partial charge in [0.15, 0.2) is 6.10 Å². The maximum Gasteiger partial charge on any atom is 0.260 e. The van der Waals surface area contributed by atoms with Gasteiger partial charge in [0.25, 0.3) is 5.91 Å². The number of amides is 1. The first-order valence-corrected chi connectivity index (χ1v) is 7.34. The number of benzene rings is 1. The zero-order valence-electron chi connectivity index (χ0n) is 13.2. The summed E-state index contributed by atoms with van der Waals surface area (Å²) < 4.78 is 19.1. The minimum atomic E-state index is -0.644. The number of rotatable bonds is 7. The van der Waals surface area contributed by atoms with E-state index in [9.17, 15) is 9.18 Å². The molecule has 5 heteroatoms. The summed E-state index contributed by atoms with van der Waals surface area (Å²) in [7, 11) is 0. The quantitative estimate of drug-likeness (QED) is 0.812. The van der Waals surface area contributed by atoms with Gasteiger partial charge in [-0.25, -0.2) is 4.39 Å². The van der Waals surface area contributed by atoms with E-state index in [0.29, 0.717) is 17.7 Å². The van der Waals surface area contributed by atoms with Gasteiger partial charge in [-0.1, -0.05) is 6.92 Å². The summed E-state index contributed by atoms with van der Waals surface area (Å²) in [6, 6.07) is 4.27. The molecule has 0 aliphatic rings. The third-order valence-electron chi connectivity index (χ3n) is 3.13. The maximum atomic E-state index is 13.4. The first-order valence-electron chi connectivity index (χ1n) is 7.34. The van der Waals surface area contributed by atoms with Crippen molar-refractivity contribution in [1.82, 2.24) is 5.32 Å². The Balaban J connectivity index is 2.84. The predicted octanol–water partition coefficient (Wildman–Crippen LogP) is 2.40. The molecule has 2 atom stereocenters. The van der Waals surface area contributed by atoms with Gasteiger partial charge in [0.05, 0.1) is 0 Å². The Morgan fingerprint density at radius 2 is 2.05 bits per heavy atom. The first kappa shape index (κ1) is 17.4. The topological polar surface area (TPSA) is 64.3 Å². The van der Waals surface area contributed by atoms with Crippen molar-refractivity contribution >= 4 is 5.91 Å². The molecule has 118 valence electrons. The fourth-order valence-electron chi connectivity index (χ4n) is 1.90. The molecule has 0 aliphatic carbocycles. The van der Waals surface area contributed by atoms with Crippen molar-refractivity contribution in [3.8, 4) is 5.75 Å². The molecule has 3 N–H and O–H groups in total. The molecule has 0 saturated heterocycles. The molecule has 0 saturated carbocycles. The van der Waals surface area contributed by atoms with Crippen LogP contribution in [0.4, 0.5) is 4.39 Å². The highest BCUT2D eigenvalue weighted by atomic mass is 19.1. The summed E-state index contributed by atoms with van der Waals surface area (Å²) in [5.41, 5.74) is 6.61. The third-order valence-corrected chi connectivity index (χ3v) is 3.13. The minimum Gasteiger partial charge on any atom is -0.481 e. The Morgan fingerprint density at radius 3 is 2.62 bits per heavy atom. The molecule has 0 radical (unpaired) electrons. The standard InChI is InChI=1S/C16H25FN2O2/c1-5-14(18)9-12-8-13(17)6-7-15(12)21-11(4)16(20)19-10(2)3/h6-8,10-11,14H,5,9,18H2,1-4H3,(H,19,20). The van der Waals surface area contributed by atoms with Crippen molar-refractivity contribution in [1.29, 1.82) is 0 Å². The molecule has 2 unspecified atom stereocenters. The second kappa shape index (κ2) is 7.98. The number of hydrogen-bond acceptors (Lipinski definition) is 3. The van der Waals surface area contributed by atoms with E-state index >= 15 is 0 Å². The maximum absolute atomic E-state index is 13.4. The Bertz CT molecular complexity index is 477. The van der Waals surface area contributed by atoms with Gasteiger partial charge in [0.1, 0.15) is 11.6 Å². The smallest absolute Gasteiger partial charge is 0.260 e. The van der Waals surface area contributed by atoms with Gasteiger partial charge in [-0.2, -0.15) is 0 Å². The SMILES string of the molecule is CCC(N)Cc1cc(F)ccc1OC(C)C(=O)NC(C)C. The van der Waals surface area contributed by atoms with Crippen LogP contribution in [0.15, 0.2) is 18.2 Å². The molecule has 4 nitrogen and oxygen atoms in total. The van der Waals surface area contributed by atoms with Crippen molar-refractivity contribution in [3.63, 3.8) is 0 Å². The van der Waals surface area contributed by atoms with Crippen molar-refractivity contribution in [3.05, 3.63) is 29.6 Å². The fourth-order valence-corrected chi connectivity index (χ4v) is 1.90. The summed E-state index contributed by atoms with van der Waals surface area (Å²) in [6.45, 7) is 7.41. The van der Waals surface area contributed by atoms with Crippen LogP contribution in [-0.4, -0.2) is 24.1 Å². The monoisotopic (exact) mass is 296 g/mol. The van der Waals surface area contributed by atoms with Crippen LogP contribution >= 0.6 is 0 Å². The fraction of sp³-hybridized carbons (Fsp3) is 0.562. The van der Waals surface area contributed by atoms with E-state index < -0.39 is 6.10 Å². The summed E-state index contributed by atoms with van der Waals surface area (Å²) >= 11 is 0. The van der Waals surface area contributed by atoms with Crippen molar-refractivity contribution in [2.75, 3.05) is 0 Å². The molecule has 0 aromatic heterocycles. The number of halogens is 1. The lowest BCUT2D eigenvalue weighted by atomic mass is 10.0. The molecular weight excluding hydrogens is 271 g/mol. The van der Waals surface area contributed by atoms with Gasteiger partial charge in [0, 0.05) is 12.1 Å². The molecule has 0 heterocycles. The minimum absolute atomic E-state index is 0.0461. The molecule has 1 amide bonds. The second-order valence-corrected chi connectivity index (χ2v) is 5.55. The highest BCUT2D eigenvalue weighted by Gasteiger charge is 2.18. The molecule has 0 spiro atoms. The number of nitrogens with one attached hydrogen (secondary N) is 1. The van der Waals surface area contributed by atoms with Crippen LogP contribution in [0, 0.1) is 5.82 Å². The van der Waals surface area contributed by atoms with Crippen molar-refractivity contribution in [2.45, 2.75) is 58.7 Å². The summed E-state index contributed by atoms with van der Waals surface area (Å²) in [5, 5.41) is 2.78. The van der Waals surface area contributed by atoms with E-state index in [1.807, 2.05) is 20.8 Å². The first-order chi connectivity index (χ1) is 9.83. The number of ether oxygens (including phenoxy) is 1. The average Bonchev–Trinajstić information content (AvgIpc) is 2.40. The van der Waals surface area contributed by atoms with Crippen LogP contribution in [0.1, 0.15) is 39.7 Å². The molecule has 21 heavy (non-hydrogen) atoms. The van der Waals surface area contributed by atoms with E-state index in [0.717, 1.165) is 6.42 Å². The molecule has 0 fully saturated rings. The van der Waals surface area contributed by atoms with E-state index in [1.54, 1.807) is 13.0 Å². The van der Waals surface area contributed by atoms with Gasteiger partial charge >= 0.3 is 0 Å². The molecular formula is C16H25FN2O2. The zero-order chi connectivity index (χ0) is 16.0. The van der Waals surface area contributed by atoms with Crippen LogP contribution < -0.4 is 15.8 Å². The lowest BCUT2D eigenvalue weighted by Gasteiger charge is -2.19. The molecule has 0 bridgehead atoms. The van der Waals surface area contributed by atoms with Gasteiger partial charge in [-0.05, 0) is 57.4 Å². The zero-order valence-corrected chi connectivity index (χ0v) is 13.2. The summed E-state index contributed by atoms with van der Waals surface area (Å²) in [5.74, 6) is -0.0216. The molecule has 1 aromatic rings. The molecule has 1 aromatic carbocycles. The van der Waals surface area contributed by atoms with E-state index in [4.69, 9.17) is 10.5 Å². The number of carbonyl (C=O) groups excluding carboxylic acids is 1. The van der Waals surface area contributed by atoms with Crippen LogP contribution in [0.2, 0.25) is 0 Å². The van der Waals surface area contributed by atoms with E-state index in [2.05, 4.69) is 5.32 Å². The highest BCUT2D eigenvalue weighted by Crippen LogP contribution is 2.23. The number of nitrogens with two attached hydrogens (primary N) is 1. The van der Waals surface area contributed by atoms with Gasteiger partial charge < -0.3 is 15.8 Å². The van der Waals surface area contributed by atoms with E-state index in [-0.39, 0.29) is 23.8 Å². The Morgan fingerprint density at radius 1 is 1.38 bits per heavy atom. The summed E-state index contributed by atoms with van der Waals surface area (Å²) in [6.07, 6.45) is 0.663. The van der Waals surface area contributed by atoms with Crippen LogP contribution in [0.5, 0.6) is 5.75 Å². The van der Waals surface area contributed by atoms with E-state index in [1.165, 1.54) is 12.1 Å². The summed E-state index contributed by atoms with van der Waals surface area (Å²) in [4.78, 5) is 11.9. The highest BCUT2D eigenvalue weighted by molar-refractivity contribution is 5.80. The number of carbonyl (C=O) groups is 1. The predicted molar refractivity (Wildman–Crippen MR) is 81.7 cm³/mol. The largest absolute Gasteiger partial charge is 0.481 e. The molecule has 1 rings (SSSR count). The average molecular weight is 296 g/mol. The van der Waals surface area contributed by atoms with Crippen LogP contribution in [0.25, 0.3) is 0 Å². The Labute approximate surface area is 125 Å². The van der Waals surface area contributed by atoms with Gasteiger partial charge in [-0.15, -0.1) is 0 Å². The normalized spacial score (nSPS) is 13.9. The second-order valence-electron chi connectivity index (χ2n) is 5.55. The van der Waals surface area contributed by atoms with Crippen molar-refractivity contribution < 1.29 is 13.9 Å². The van der Waals surface area contributed by atoms with Crippen molar-refractivity contribution in [2.24, 2.45) is 5.73 Å². The number of hydrogen-bond donors (Lipinski definition) is 2. The lowest BCUT2D eigenvalue weighted by Crippen LogP contribution is -2.40. The third kappa shape index (κ3) is 5.71. The van der Waals surface area contributed by atoms with Crippen LogP contribution in [0.3, 0.4) is 0 Å². The molecule has 0 aliphatic heterocycles.